The van der Waals surface area contributed by atoms with Crippen LogP contribution in [0.25, 0.3) is 0 Å². The molecule has 1 rings (SSSR count). The standard InChI is InChI=1S/C12H17BrN2/c1-2-3-4-9-12(15-14)10-7-5-6-8-11(10)13/h5-8H,2-4,9,14H2,1H3/b15-12-. The molecule has 82 valence electrons. The molecule has 0 saturated heterocycles. The fourth-order valence-electron chi connectivity index (χ4n) is 1.51. The quantitative estimate of drug-likeness (QED) is 0.376. The van der Waals surface area contributed by atoms with Gasteiger partial charge in [0.1, 0.15) is 0 Å². The second-order valence-corrected chi connectivity index (χ2v) is 4.37. The van der Waals surface area contributed by atoms with Crippen molar-refractivity contribution in [1.29, 1.82) is 0 Å². The number of benzene rings is 1. The maximum absolute atomic E-state index is 5.42. The first-order valence-corrected chi connectivity index (χ1v) is 6.10. The number of hydrogen-bond acceptors (Lipinski definition) is 2. The molecule has 1 aromatic carbocycles. The summed E-state index contributed by atoms with van der Waals surface area (Å²) in [7, 11) is 0. The van der Waals surface area contributed by atoms with Gasteiger partial charge in [-0.05, 0) is 18.9 Å². The lowest BCUT2D eigenvalue weighted by Gasteiger charge is -2.06. The van der Waals surface area contributed by atoms with E-state index in [0.717, 1.165) is 28.6 Å². The van der Waals surface area contributed by atoms with Crippen molar-refractivity contribution in [2.24, 2.45) is 10.9 Å². The molecule has 1 aromatic rings. The molecule has 0 heterocycles. The van der Waals surface area contributed by atoms with Crippen LogP contribution < -0.4 is 5.84 Å². The Morgan fingerprint density at radius 2 is 2.07 bits per heavy atom. The topological polar surface area (TPSA) is 38.4 Å². The maximum Gasteiger partial charge on any atom is 0.0684 e. The minimum Gasteiger partial charge on any atom is -0.323 e. The summed E-state index contributed by atoms with van der Waals surface area (Å²) in [6, 6.07) is 8.06. The molecule has 0 aliphatic heterocycles. The highest BCUT2D eigenvalue weighted by molar-refractivity contribution is 9.10. The third-order valence-electron chi connectivity index (χ3n) is 2.36. The van der Waals surface area contributed by atoms with Crippen LogP contribution in [0.3, 0.4) is 0 Å². The molecular weight excluding hydrogens is 252 g/mol. The van der Waals surface area contributed by atoms with E-state index in [2.05, 4.69) is 28.0 Å². The van der Waals surface area contributed by atoms with Gasteiger partial charge < -0.3 is 5.84 Å². The van der Waals surface area contributed by atoms with Gasteiger partial charge in [-0.3, -0.25) is 0 Å². The molecule has 0 aliphatic rings. The van der Waals surface area contributed by atoms with Gasteiger partial charge in [0.2, 0.25) is 0 Å². The summed E-state index contributed by atoms with van der Waals surface area (Å²) in [6.07, 6.45) is 4.54. The Balaban J connectivity index is 2.71. The Bertz CT molecular complexity index is 334. The van der Waals surface area contributed by atoms with Gasteiger partial charge in [0.25, 0.3) is 0 Å². The molecule has 0 amide bonds. The van der Waals surface area contributed by atoms with Crippen molar-refractivity contribution >= 4 is 21.6 Å². The van der Waals surface area contributed by atoms with Crippen molar-refractivity contribution < 1.29 is 0 Å². The van der Waals surface area contributed by atoms with E-state index < -0.39 is 0 Å². The number of hydrazone groups is 1. The minimum atomic E-state index is 0.951. The Hall–Kier alpha value is -0.830. The van der Waals surface area contributed by atoms with Crippen molar-refractivity contribution in [3.05, 3.63) is 34.3 Å². The maximum atomic E-state index is 5.42. The molecule has 0 aliphatic carbocycles. The van der Waals surface area contributed by atoms with E-state index >= 15 is 0 Å². The fraction of sp³-hybridized carbons (Fsp3) is 0.417. The van der Waals surface area contributed by atoms with Crippen LogP contribution in [0, 0.1) is 0 Å². The van der Waals surface area contributed by atoms with E-state index in [9.17, 15) is 0 Å². The summed E-state index contributed by atoms with van der Waals surface area (Å²) in [5.74, 6) is 5.42. The van der Waals surface area contributed by atoms with Crippen LogP contribution in [0.5, 0.6) is 0 Å². The lowest BCUT2D eigenvalue weighted by atomic mass is 10.0. The summed E-state index contributed by atoms with van der Waals surface area (Å²) < 4.78 is 1.06. The van der Waals surface area contributed by atoms with E-state index in [1.54, 1.807) is 0 Å². The normalized spacial score (nSPS) is 11.7. The highest BCUT2D eigenvalue weighted by Crippen LogP contribution is 2.19. The Morgan fingerprint density at radius 3 is 2.67 bits per heavy atom. The fourth-order valence-corrected chi connectivity index (χ4v) is 2.02. The number of nitrogens with zero attached hydrogens (tertiary/aromatic N) is 1. The second kappa shape index (κ2) is 6.62. The predicted molar refractivity (Wildman–Crippen MR) is 69.0 cm³/mol. The third-order valence-corrected chi connectivity index (χ3v) is 3.05. The highest BCUT2D eigenvalue weighted by Gasteiger charge is 2.06. The number of rotatable bonds is 5. The molecule has 15 heavy (non-hydrogen) atoms. The second-order valence-electron chi connectivity index (χ2n) is 3.51. The lowest BCUT2D eigenvalue weighted by Crippen LogP contribution is -2.05. The van der Waals surface area contributed by atoms with E-state index in [0.29, 0.717) is 0 Å². The van der Waals surface area contributed by atoms with Gasteiger partial charge in [0.15, 0.2) is 0 Å². The van der Waals surface area contributed by atoms with E-state index in [-0.39, 0.29) is 0 Å². The predicted octanol–water partition coefficient (Wildman–Crippen LogP) is 3.69. The van der Waals surface area contributed by atoms with Crippen LogP contribution >= 0.6 is 15.9 Å². The molecule has 0 fully saturated rings. The molecule has 2 nitrogen and oxygen atoms in total. The van der Waals surface area contributed by atoms with Gasteiger partial charge >= 0.3 is 0 Å². The summed E-state index contributed by atoms with van der Waals surface area (Å²) >= 11 is 3.51. The first kappa shape index (κ1) is 12.2. The SMILES string of the molecule is CCCCC/C(=N/N)c1ccccc1Br. The van der Waals surface area contributed by atoms with Crippen molar-refractivity contribution in [2.45, 2.75) is 32.6 Å². The van der Waals surface area contributed by atoms with Gasteiger partial charge in [-0.1, -0.05) is 53.9 Å². The van der Waals surface area contributed by atoms with Crippen LogP contribution in [0.4, 0.5) is 0 Å². The molecular formula is C12H17BrN2. The van der Waals surface area contributed by atoms with Crippen LogP contribution in [0.2, 0.25) is 0 Å². The number of nitrogens with two attached hydrogens (primary N) is 1. The first-order valence-electron chi connectivity index (χ1n) is 5.31. The minimum absolute atomic E-state index is 0.951. The zero-order valence-corrected chi connectivity index (χ0v) is 10.6. The Labute approximate surface area is 99.7 Å². The zero-order chi connectivity index (χ0) is 11.1. The molecule has 0 radical (unpaired) electrons. The molecule has 3 heteroatoms. The molecule has 2 N–H and O–H groups in total. The third kappa shape index (κ3) is 3.67. The van der Waals surface area contributed by atoms with Crippen molar-refractivity contribution in [3.8, 4) is 0 Å². The van der Waals surface area contributed by atoms with Crippen LogP contribution in [0.1, 0.15) is 38.2 Å². The van der Waals surface area contributed by atoms with Gasteiger partial charge in [-0.15, -0.1) is 0 Å². The smallest absolute Gasteiger partial charge is 0.0684 e. The van der Waals surface area contributed by atoms with Crippen molar-refractivity contribution in [2.75, 3.05) is 0 Å². The molecule has 0 spiro atoms. The first-order chi connectivity index (χ1) is 7.29. The Morgan fingerprint density at radius 1 is 1.33 bits per heavy atom. The van der Waals surface area contributed by atoms with Crippen LogP contribution in [-0.2, 0) is 0 Å². The molecule has 0 bridgehead atoms. The summed E-state index contributed by atoms with van der Waals surface area (Å²) in [6.45, 7) is 2.19. The number of halogens is 1. The molecule has 0 saturated carbocycles. The van der Waals surface area contributed by atoms with Gasteiger partial charge in [-0.2, -0.15) is 5.10 Å². The number of hydrogen-bond donors (Lipinski definition) is 1. The largest absolute Gasteiger partial charge is 0.323 e. The molecule has 0 atom stereocenters. The molecule has 0 aromatic heterocycles. The lowest BCUT2D eigenvalue weighted by molar-refractivity contribution is 0.741. The van der Waals surface area contributed by atoms with E-state index in [4.69, 9.17) is 5.84 Å². The summed E-state index contributed by atoms with van der Waals surface area (Å²) in [5, 5.41) is 3.88. The summed E-state index contributed by atoms with van der Waals surface area (Å²) in [5.41, 5.74) is 2.09. The van der Waals surface area contributed by atoms with E-state index in [1.165, 1.54) is 12.8 Å². The van der Waals surface area contributed by atoms with Crippen molar-refractivity contribution in [1.82, 2.24) is 0 Å². The van der Waals surface area contributed by atoms with E-state index in [1.807, 2.05) is 24.3 Å². The van der Waals surface area contributed by atoms with Crippen LogP contribution in [0.15, 0.2) is 33.8 Å². The average molecular weight is 269 g/mol. The average Bonchev–Trinajstić information content (AvgIpc) is 2.26. The van der Waals surface area contributed by atoms with Gasteiger partial charge in [0.05, 0.1) is 5.71 Å². The monoisotopic (exact) mass is 268 g/mol. The highest BCUT2D eigenvalue weighted by atomic mass is 79.9. The van der Waals surface area contributed by atoms with Gasteiger partial charge in [-0.25, -0.2) is 0 Å². The number of unbranched alkanes of at least 4 members (excludes halogenated alkanes) is 2. The van der Waals surface area contributed by atoms with Crippen LogP contribution in [-0.4, -0.2) is 5.71 Å². The van der Waals surface area contributed by atoms with Crippen molar-refractivity contribution in [3.63, 3.8) is 0 Å². The summed E-state index contributed by atoms with van der Waals surface area (Å²) in [4.78, 5) is 0. The molecule has 0 unspecified atom stereocenters. The zero-order valence-electron chi connectivity index (χ0n) is 9.04. The Kier molecular flexibility index (Phi) is 5.40. The van der Waals surface area contributed by atoms with Gasteiger partial charge in [0, 0.05) is 10.0 Å².